The van der Waals surface area contributed by atoms with Crippen molar-refractivity contribution >= 4 is 5.91 Å². The molecule has 1 atom stereocenters. The van der Waals surface area contributed by atoms with Crippen molar-refractivity contribution in [1.82, 2.24) is 14.7 Å². The molecule has 0 bridgehead atoms. The Kier molecular flexibility index (Phi) is 4.92. The van der Waals surface area contributed by atoms with Crippen molar-refractivity contribution in [2.45, 2.75) is 32.5 Å². The molecule has 0 unspecified atom stereocenters. The van der Waals surface area contributed by atoms with Crippen molar-refractivity contribution in [3.05, 3.63) is 47.8 Å². The number of aromatic nitrogens is 2. The van der Waals surface area contributed by atoms with Crippen molar-refractivity contribution in [2.75, 3.05) is 26.8 Å². The predicted octanol–water partition coefficient (Wildman–Crippen LogP) is 2.45. The third-order valence-electron chi connectivity index (χ3n) is 4.36. The smallest absolute Gasteiger partial charge is 0.257 e. The van der Waals surface area contributed by atoms with Gasteiger partial charge in [0.1, 0.15) is 0 Å². The van der Waals surface area contributed by atoms with Gasteiger partial charge in [-0.1, -0.05) is 18.2 Å². The van der Waals surface area contributed by atoms with E-state index in [-0.39, 0.29) is 12.0 Å². The second kappa shape index (κ2) is 6.98. The SMILES string of the molecule is COC[C@@H]1CN(C(=O)c2cnn(-c3ccccc3)c2C)CC(C)(C)O1. The Balaban J connectivity index is 1.84. The van der Waals surface area contributed by atoms with Gasteiger partial charge in [-0.2, -0.15) is 5.10 Å². The fraction of sp³-hybridized carbons (Fsp3) is 0.474. The van der Waals surface area contributed by atoms with Gasteiger partial charge >= 0.3 is 0 Å². The number of methoxy groups -OCH3 is 1. The van der Waals surface area contributed by atoms with Crippen LogP contribution in [0.15, 0.2) is 36.5 Å². The molecule has 3 rings (SSSR count). The summed E-state index contributed by atoms with van der Waals surface area (Å²) in [5, 5.41) is 4.41. The van der Waals surface area contributed by atoms with Gasteiger partial charge in [-0.25, -0.2) is 4.68 Å². The number of morpholine rings is 1. The summed E-state index contributed by atoms with van der Waals surface area (Å²) in [5.74, 6) is -0.0165. The molecule has 0 aliphatic carbocycles. The second-order valence-corrected chi connectivity index (χ2v) is 7.03. The molecule has 1 aliphatic heterocycles. The van der Waals surface area contributed by atoms with E-state index >= 15 is 0 Å². The molecule has 2 heterocycles. The van der Waals surface area contributed by atoms with Crippen molar-refractivity contribution in [2.24, 2.45) is 0 Å². The number of rotatable bonds is 4. The Labute approximate surface area is 148 Å². The molecule has 1 aliphatic rings. The van der Waals surface area contributed by atoms with Crippen molar-refractivity contribution in [3.8, 4) is 5.69 Å². The normalized spacial score (nSPS) is 19.8. The molecule has 0 N–H and O–H groups in total. The number of benzene rings is 1. The summed E-state index contributed by atoms with van der Waals surface area (Å²) >= 11 is 0. The zero-order valence-electron chi connectivity index (χ0n) is 15.2. The maximum atomic E-state index is 13.1. The first kappa shape index (κ1) is 17.6. The molecule has 0 spiro atoms. The van der Waals surface area contributed by atoms with E-state index in [1.165, 1.54) is 0 Å². The third-order valence-corrected chi connectivity index (χ3v) is 4.36. The summed E-state index contributed by atoms with van der Waals surface area (Å²) in [7, 11) is 1.64. The first-order chi connectivity index (χ1) is 11.9. The topological polar surface area (TPSA) is 56.6 Å². The molecular weight excluding hydrogens is 318 g/mol. The minimum absolute atomic E-state index is 0.0165. The number of hydrogen-bond donors (Lipinski definition) is 0. The van der Waals surface area contributed by atoms with Crippen LogP contribution in [-0.2, 0) is 9.47 Å². The first-order valence-corrected chi connectivity index (χ1v) is 8.47. The van der Waals surface area contributed by atoms with Crippen LogP contribution in [0.5, 0.6) is 0 Å². The van der Waals surface area contributed by atoms with Gasteiger partial charge in [0.2, 0.25) is 0 Å². The maximum absolute atomic E-state index is 13.1. The molecule has 134 valence electrons. The number of amides is 1. The van der Waals surface area contributed by atoms with Crippen molar-refractivity contribution in [1.29, 1.82) is 0 Å². The minimum Gasteiger partial charge on any atom is -0.382 e. The monoisotopic (exact) mass is 343 g/mol. The number of nitrogens with zero attached hydrogens (tertiary/aromatic N) is 3. The summed E-state index contributed by atoms with van der Waals surface area (Å²) in [4.78, 5) is 14.9. The first-order valence-electron chi connectivity index (χ1n) is 8.47. The second-order valence-electron chi connectivity index (χ2n) is 7.03. The standard InChI is InChI=1S/C19H25N3O3/c1-14-17(10-20-22(14)15-8-6-5-7-9-15)18(23)21-11-16(12-24-4)25-19(2,3)13-21/h5-10,16H,11-13H2,1-4H3/t16-/m0/s1. The summed E-state index contributed by atoms with van der Waals surface area (Å²) < 4.78 is 13.0. The van der Waals surface area contributed by atoms with Crippen LogP contribution in [0.1, 0.15) is 29.9 Å². The molecule has 0 saturated carbocycles. The average Bonchev–Trinajstić information content (AvgIpc) is 2.95. The Morgan fingerprint density at radius 2 is 2.08 bits per heavy atom. The number of ether oxygens (including phenoxy) is 2. The average molecular weight is 343 g/mol. The molecular formula is C19H25N3O3. The van der Waals surface area contributed by atoms with Gasteiger partial charge < -0.3 is 14.4 Å². The highest BCUT2D eigenvalue weighted by Crippen LogP contribution is 2.24. The zero-order chi connectivity index (χ0) is 18.0. The Bertz CT molecular complexity index is 740. The van der Waals surface area contributed by atoms with E-state index in [1.807, 2.05) is 56.0 Å². The number of para-hydroxylation sites is 1. The van der Waals surface area contributed by atoms with Gasteiger partial charge in [0, 0.05) is 20.2 Å². The highest BCUT2D eigenvalue weighted by molar-refractivity contribution is 5.95. The van der Waals surface area contributed by atoms with Crippen LogP contribution in [0.4, 0.5) is 0 Å². The quantitative estimate of drug-likeness (QED) is 0.856. The van der Waals surface area contributed by atoms with Crippen LogP contribution in [0.25, 0.3) is 5.69 Å². The van der Waals surface area contributed by atoms with Crippen LogP contribution in [-0.4, -0.2) is 59.1 Å². The fourth-order valence-electron chi connectivity index (χ4n) is 3.34. The zero-order valence-corrected chi connectivity index (χ0v) is 15.2. The Morgan fingerprint density at radius 3 is 2.76 bits per heavy atom. The van der Waals surface area contributed by atoms with Gasteiger partial charge in [0.25, 0.3) is 5.91 Å². The minimum atomic E-state index is -0.402. The van der Waals surface area contributed by atoms with Gasteiger partial charge in [0.15, 0.2) is 0 Å². The van der Waals surface area contributed by atoms with E-state index in [1.54, 1.807) is 18.0 Å². The molecule has 0 radical (unpaired) electrons. The molecule has 6 heteroatoms. The lowest BCUT2D eigenvalue weighted by atomic mass is 10.0. The molecule has 1 aromatic carbocycles. The van der Waals surface area contributed by atoms with Crippen LogP contribution < -0.4 is 0 Å². The summed E-state index contributed by atoms with van der Waals surface area (Å²) in [6, 6.07) is 9.82. The molecule has 1 saturated heterocycles. The summed E-state index contributed by atoms with van der Waals surface area (Å²) in [5.41, 5.74) is 2.00. The summed E-state index contributed by atoms with van der Waals surface area (Å²) in [6.45, 7) is 7.44. The van der Waals surface area contributed by atoms with E-state index in [4.69, 9.17) is 9.47 Å². The highest BCUT2D eigenvalue weighted by atomic mass is 16.5. The van der Waals surface area contributed by atoms with E-state index in [0.29, 0.717) is 25.3 Å². The van der Waals surface area contributed by atoms with Gasteiger partial charge in [-0.3, -0.25) is 4.79 Å². The Morgan fingerprint density at radius 1 is 1.36 bits per heavy atom. The summed E-state index contributed by atoms with van der Waals surface area (Å²) in [6.07, 6.45) is 1.53. The number of carbonyl (C=O) groups is 1. The van der Waals surface area contributed by atoms with Gasteiger partial charge in [-0.15, -0.1) is 0 Å². The van der Waals surface area contributed by atoms with E-state index < -0.39 is 5.60 Å². The maximum Gasteiger partial charge on any atom is 0.257 e. The van der Waals surface area contributed by atoms with E-state index in [0.717, 1.165) is 11.4 Å². The van der Waals surface area contributed by atoms with Crippen molar-refractivity contribution in [3.63, 3.8) is 0 Å². The molecule has 1 amide bonds. The lowest BCUT2D eigenvalue weighted by Gasteiger charge is -2.42. The van der Waals surface area contributed by atoms with Crippen LogP contribution in [0, 0.1) is 6.92 Å². The largest absolute Gasteiger partial charge is 0.382 e. The number of carbonyl (C=O) groups excluding carboxylic acids is 1. The van der Waals surface area contributed by atoms with Gasteiger partial charge in [-0.05, 0) is 32.9 Å². The van der Waals surface area contributed by atoms with Crippen LogP contribution in [0.2, 0.25) is 0 Å². The lowest BCUT2D eigenvalue weighted by Crippen LogP contribution is -2.55. The Hall–Kier alpha value is -2.18. The molecule has 6 nitrogen and oxygen atoms in total. The van der Waals surface area contributed by atoms with E-state index in [2.05, 4.69) is 5.10 Å². The number of hydrogen-bond acceptors (Lipinski definition) is 4. The van der Waals surface area contributed by atoms with Crippen LogP contribution in [0.3, 0.4) is 0 Å². The van der Waals surface area contributed by atoms with Crippen molar-refractivity contribution < 1.29 is 14.3 Å². The predicted molar refractivity (Wildman–Crippen MR) is 95.0 cm³/mol. The molecule has 25 heavy (non-hydrogen) atoms. The third kappa shape index (κ3) is 3.75. The highest BCUT2D eigenvalue weighted by Gasteiger charge is 2.36. The molecule has 1 aromatic heterocycles. The van der Waals surface area contributed by atoms with Crippen LogP contribution >= 0.6 is 0 Å². The lowest BCUT2D eigenvalue weighted by molar-refractivity contribution is -0.143. The molecule has 1 fully saturated rings. The fourth-order valence-corrected chi connectivity index (χ4v) is 3.34. The van der Waals surface area contributed by atoms with Gasteiger partial charge in [0.05, 0.1) is 41.5 Å². The molecule has 2 aromatic rings. The van der Waals surface area contributed by atoms with E-state index in [9.17, 15) is 4.79 Å².